The summed E-state index contributed by atoms with van der Waals surface area (Å²) < 4.78 is 23.3. The number of aromatic nitrogens is 1. The standard InChI is InChI=1S/C23H28N2O7S/c1-4-31-17-7-6-16(12-18(17)29-3)13-19-23(28)25(21(33-19)14-22(27)32-5-2)15-20(26)24-8-10-30-11-9-24/h6-7,12-14H,4-5,8-11,15H2,1-3H3/b19-13-,21-14-. The third-order valence-electron chi connectivity index (χ3n) is 4.91. The summed E-state index contributed by atoms with van der Waals surface area (Å²) in [5.74, 6) is 0.378. The SMILES string of the molecule is CCOC(=O)/C=c1\s/c(=C\c2ccc(OCC)c(OC)c2)c(=O)n1CC(=O)N1CCOCC1. The van der Waals surface area contributed by atoms with E-state index in [-0.39, 0.29) is 24.6 Å². The van der Waals surface area contributed by atoms with Crippen LogP contribution < -0.4 is 24.2 Å². The lowest BCUT2D eigenvalue weighted by atomic mass is 10.2. The third kappa shape index (κ3) is 6.23. The summed E-state index contributed by atoms with van der Waals surface area (Å²) in [6.45, 7) is 6.00. The van der Waals surface area contributed by atoms with Crippen molar-refractivity contribution in [2.75, 3.05) is 46.6 Å². The van der Waals surface area contributed by atoms with Crippen LogP contribution in [0, 0.1) is 0 Å². The van der Waals surface area contributed by atoms with Gasteiger partial charge in [-0.1, -0.05) is 6.07 Å². The molecular formula is C23H28N2O7S. The summed E-state index contributed by atoms with van der Waals surface area (Å²) >= 11 is 1.12. The molecule has 0 N–H and O–H groups in total. The van der Waals surface area contributed by atoms with Crippen LogP contribution in [0.5, 0.6) is 11.5 Å². The molecule has 9 nitrogen and oxygen atoms in total. The van der Waals surface area contributed by atoms with E-state index in [2.05, 4.69) is 0 Å². The number of hydrogen-bond donors (Lipinski definition) is 0. The third-order valence-corrected chi connectivity index (χ3v) is 5.97. The van der Waals surface area contributed by atoms with Gasteiger partial charge in [0, 0.05) is 13.1 Å². The molecule has 3 rings (SSSR count). The largest absolute Gasteiger partial charge is 0.493 e. The van der Waals surface area contributed by atoms with Crippen LogP contribution in [0.15, 0.2) is 23.0 Å². The molecule has 0 spiro atoms. The van der Waals surface area contributed by atoms with Crippen molar-refractivity contribution >= 4 is 35.4 Å². The predicted octanol–water partition coefficient (Wildman–Crippen LogP) is 0.348. The van der Waals surface area contributed by atoms with Gasteiger partial charge in [0.15, 0.2) is 11.5 Å². The van der Waals surface area contributed by atoms with Crippen molar-refractivity contribution < 1.29 is 28.5 Å². The van der Waals surface area contributed by atoms with Crippen molar-refractivity contribution in [2.24, 2.45) is 0 Å². The normalized spacial score (nSPS) is 14.9. The molecule has 1 amide bonds. The van der Waals surface area contributed by atoms with Crippen molar-refractivity contribution in [3.05, 3.63) is 43.3 Å². The maximum Gasteiger partial charge on any atom is 0.333 e. The van der Waals surface area contributed by atoms with Crippen LogP contribution in [0.4, 0.5) is 0 Å². The molecule has 0 unspecified atom stereocenters. The van der Waals surface area contributed by atoms with Gasteiger partial charge in [-0.15, -0.1) is 11.3 Å². The van der Waals surface area contributed by atoms with Gasteiger partial charge in [0.05, 0.1) is 44.1 Å². The number of morpholine rings is 1. The highest BCUT2D eigenvalue weighted by Gasteiger charge is 2.19. The van der Waals surface area contributed by atoms with Crippen molar-refractivity contribution in [1.82, 2.24) is 9.47 Å². The Bertz CT molecular complexity index is 1160. The second kappa shape index (κ2) is 11.7. The van der Waals surface area contributed by atoms with Gasteiger partial charge >= 0.3 is 5.97 Å². The number of nitrogens with zero attached hydrogens (tertiary/aromatic N) is 2. The molecule has 0 radical (unpaired) electrons. The minimum absolute atomic E-state index is 0.166. The van der Waals surface area contributed by atoms with E-state index >= 15 is 0 Å². The van der Waals surface area contributed by atoms with Gasteiger partial charge in [-0.25, -0.2) is 4.79 Å². The second-order valence-corrected chi connectivity index (χ2v) is 8.14. The van der Waals surface area contributed by atoms with E-state index in [1.807, 2.05) is 13.0 Å². The van der Waals surface area contributed by atoms with E-state index in [0.717, 1.165) is 16.9 Å². The zero-order valence-electron chi connectivity index (χ0n) is 19.0. The fourth-order valence-corrected chi connectivity index (χ4v) is 4.36. The molecule has 0 saturated carbocycles. The molecule has 1 saturated heterocycles. The van der Waals surface area contributed by atoms with Crippen LogP contribution in [0.25, 0.3) is 12.2 Å². The Morgan fingerprint density at radius 3 is 2.58 bits per heavy atom. The highest BCUT2D eigenvalue weighted by atomic mass is 32.1. The number of carbonyl (C=O) groups excluding carboxylic acids is 2. The Hall–Kier alpha value is -3.11. The van der Waals surface area contributed by atoms with Crippen molar-refractivity contribution in [2.45, 2.75) is 20.4 Å². The van der Waals surface area contributed by atoms with Gasteiger partial charge in [0.2, 0.25) is 5.91 Å². The fraction of sp³-hybridized carbons (Fsp3) is 0.435. The Morgan fingerprint density at radius 1 is 1.15 bits per heavy atom. The second-order valence-electron chi connectivity index (χ2n) is 7.07. The van der Waals surface area contributed by atoms with Crippen LogP contribution in [0.1, 0.15) is 19.4 Å². The number of ether oxygens (including phenoxy) is 4. The van der Waals surface area contributed by atoms with Crippen molar-refractivity contribution in [3.63, 3.8) is 0 Å². The number of methoxy groups -OCH3 is 1. The molecule has 1 aromatic heterocycles. The monoisotopic (exact) mass is 476 g/mol. The van der Waals surface area contributed by atoms with Crippen LogP contribution in [-0.2, 0) is 25.6 Å². The first-order valence-corrected chi connectivity index (χ1v) is 11.5. The van der Waals surface area contributed by atoms with Crippen LogP contribution in [-0.4, -0.2) is 68.0 Å². The summed E-state index contributed by atoms with van der Waals surface area (Å²) in [5.41, 5.74) is 0.369. The lowest BCUT2D eigenvalue weighted by Crippen LogP contribution is -2.45. The van der Waals surface area contributed by atoms with Gasteiger partial charge in [-0.05, 0) is 37.6 Å². The molecular weight excluding hydrogens is 448 g/mol. The molecule has 1 aromatic carbocycles. The average molecular weight is 477 g/mol. The van der Waals surface area contributed by atoms with Crippen LogP contribution in [0.2, 0.25) is 0 Å². The number of carbonyl (C=O) groups is 2. The summed E-state index contributed by atoms with van der Waals surface area (Å²) in [6.07, 6.45) is 2.95. The Kier molecular flexibility index (Phi) is 8.67. The van der Waals surface area contributed by atoms with Gasteiger partial charge < -0.3 is 23.8 Å². The first-order valence-electron chi connectivity index (χ1n) is 10.7. The summed E-state index contributed by atoms with van der Waals surface area (Å²) in [7, 11) is 1.55. The van der Waals surface area contributed by atoms with Gasteiger partial charge in [-0.2, -0.15) is 0 Å². The molecule has 10 heteroatoms. The summed E-state index contributed by atoms with van der Waals surface area (Å²) in [6, 6.07) is 5.35. The maximum atomic E-state index is 13.2. The summed E-state index contributed by atoms with van der Waals surface area (Å²) in [4.78, 5) is 39.7. The number of thiazole rings is 1. The smallest absolute Gasteiger partial charge is 0.333 e. The first-order chi connectivity index (χ1) is 16.0. The topological polar surface area (TPSA) is 96.3 Å². The molecule has 2 aromatic rings. The van der Waals surface area contributed by atoms with E-state index in [0.29, 0.717) is 53.6 Å². The van der Waals surface area contributed by atoms with E-state index in [4.69, 9.17) is 18.9 Å². The number of esters is 1. The molecule has 0 aliphatic carbocycles. The zero-order chi connectivity index (χ0) is 23.8. The number of benzene rings is 1. The molecule has 0 atom stereocenters. The zero-order valence-corrected chi connectivity index (χ0v) is 19.8. The van der Waals surface area contributed by atoms with Gasteiger partial charge in [0.1, 0.15) is 11.2 Å². The Balaban J connectivity index is 2.03. The Morgan fingerprint density at radius 2 is 1.91 bits per heavy atom. The van der Waals surface area contributed by atoms with Gasteiger partial charge in [-0.3, -0.25) is 14.2 Å². The maximum absolute atomic E-state index is 13.2. The number of rotatable bonds is 8. The van der Waals surface area contributed by atoms with E-state index in [9.17, 15) is 14.4 Å². The van der Waals surface area contributed by atoms with Crippen LogP contribution in [0.3, 0.4) is 0 Å². The highest BCUT2D eigenvalue weighted by molar-refractivity contribution is 7.07. The lowest BCUT2D eigenvalue weighted by molar-refractivity contribution is -0.136. The fourth-order valence-electron chi connectivity index (χ4n) is 3.33. The lowest BCUT2D eigenvalue weighted by Gasteiger charge is -2.26. The molecule has 1 aliphatic heterocycles. The molecule has 178 valence electrons. The summed E-state index contributed by atoms with van der Waals surface area (Å²) in [5, 5.41) is 0. The predicted molar refractivity (Wildman–Crippen MR) is 124 cm³/mol. The molecule has 33 heavy (non-hydrogen) atoms. The van der Waals surface area contributed by atoms with Crippen LogP contribution >= 0.6 is 11.3 Å². The molecule has 1 fully saturated rings. The minimum Gasteiger partial charge on any atom is -0.493 e. The van der Waals surface area contributed by atoms with Crippen molar-refractivity contribution in [3.8, 4) is 11.5 Å². The molecule has 1 aliphatic rings. The Labute approximate surface area is 195 Å². The van der Waals surface area contributed by atoms with Crippen molar-refractivity contribution in [1.29, 1.82) is 0 Å². The van der Waals surface area contributed by atoms with E-state index < -0.39 is 5.97 Å². The average Bonchev–Trinajstić information content (AvgIpc) is 3.09. The quantitative estimate of drug-likeness (QED) is 0.507. The van der Waals surface area contributed by atoms with Gasteiger partial charge in [0.25, 0.3) is 5.56 Å². The highest BCUT2D eigenvalue weighted by Crippen LogP contribution is 2.28. The number of hydrogen-bond acceptors (Lipinski definition) is 8. The van der Waals surface area contributed by atoms with E-state index in [1.165, 1.54) is 10.6 Å². The molecule has 0 bridgehead atoms. The first kappa shape index (κ1) is 24.5. The van der Waals surface area contributed by atoms with E-state index in [1.54, 1.807) is 37.1 Å². The molecule has 2 heterocycles. The number of amides is 1. The minimum atomic E-state index is -0.569.